The lowest BCUT2D eigenvalue weighted by Gasteiger charge is -2.24. The first-order valence-corrected chi connectivity index (χ1v) is 14.7. The number of carbonyl (C=O) groups excluding carboxylic acids is 1. The molecule has 0 radical (unpaired) electrons. The van der Waals surface area contributed by atoms with Gasteiger partial charge in [0.1, 0.15) is 22.5 Å². The molecule has 46 heavy (non-hydrogen) atoms. The van der Waals surface area contributed by atoms with Crippen LogP contribution in [0.5, 0.6) is 34.5 Å². The third-order valence-corrected chi connectivity index (χ3v) is 8.13. The predicted octanol–water partition coefficient (Wildman–Crippen LogP) is 5.84. The summed E-state index contributed by atoms with van der Waals surface area (Å²) in [6.45, 7) is 0.890. The highest BCUT2D eigenvalue weighted by Crippen LogP contribution is 2.51. The lowest BCUT2D eigenvalue weighted by molar-refractivity contribution is -0.140. The maximum Gasteiger partial charge on any atom is 0.306 e. The van der Waals surface area contributed by atoms with Gasteiger partial charge in [-0.25, -0.2) is 0 Å². The molecular weight excluding hydrogens is 592 g/mol. The van der Waals surface area contributed by atoms with Crippen LogP contribution in [0.2, 0.25) is 0 Å². The summed E-state index contributed by atoms with van der Waals surface area (Å²) >= 11 is 0. The number of hydrogen-bond donors (Lipinski definition) is 3. The van der Waals surface area contributed by atoms with Crippen molar-refractivity contribution in [2.24, 2.45) is 0 Å². The van der Waals surface area contributed by atoms with Crippen LogP contribution in [-0.2, 0) is 22.4 Å². The van der Waals surface area contributed by atoms with E-state index in [0.29, 0.717) is 29.9 Å². The van der Waals surface area contributed by atoms with Gasteiger partial charge in [-0.15, -0.1) is 0 Å². The molecule has 0 amide bonds. The molecule has 0 saturated carbocycles. The maximum atomic E-state index is 13.4. The number of rotatable bonds is 10. The minimum absolute atomic E-state index is 0.109. The number of phenolic OH excluding ortho intramolecular Hbond substituents is 3. The molecule has 0 aliphatic carbocycles. The van der Waals surface area contributed by atoms with Crippen LogP contribution in [0.3, 0.4) is 0 Å². The number of esters is 1. The van der Waals surface area contributed by atoms with E-state index in [1.807, 2.05) is 12.1 Å². The Hall–Kier alpha value is -5.64. The van der Waals surface area contributed by atoms with Gasteiger partial charge in [-0.3, -0.25) is 9.59 Å². The molecule has 5 aromatic rings. The van der Waals surface area contributed by atoms with Gasteiger partial charge in [-0.05, 0) is 23.3 Å². The standard InChI is InChI=1S/C36H32O10/c1-42-27-10-6-9-23(35(27)45-15-13-20-11-12-26-22(17-20)14-16-44-26)24(18-29(38)43-2)30-32(39)34(41)33(40)31-25(37)19-28(46-36(30)31)21-7-4-3-5-8-21/h3-12,17,19,24,39-41H,13-16,18H2,1-2H3/t24-/m0/s1. The van der Waals surface area contributed by atoms with Gasteiger partial charge in [-0.1, -0.05) is 54.6 Å². The third kappa shape index (κ3) is 5.65. The van der Waals surface area contributed by atoms with Crippen LogP contribution in [-0.4, -0.2) is 48.7 Å². The summed E-state index contributed by atoms with van der Waals surface area (Å²) in [5.41, 5.74) is 2.17. The predicted molar refractivity (Wildman–Crippen MR) is 169 cm³/mol. The maximum absolute atomic E-state index is 13.4. The van der Waals surface area contributed by atoms with Gasteiger partial charge >= 0.3 is 5.97 Å². The molecule has 3 N–H and O–H groups in total. The van der Waals surface area contributed by atoms with Crippen molar-refractivity contribution >= 4 is 16.9 Å². The number of para-hydroxylation sites is 1. The number of ether oxygens (including phenoxy) is 4. The second-order valence-electron chi connectivity index (χ2n) is 10.9. The van der Waals surface area contributed by atoms with Gasteiger partial charge in [0.15, 0.2) is 28.4 Å². The molecular formula is C36H32O10. The summed E-state index contributed by atoms with van der Waals surface area (Å²) in [5.74, 6) is -2.60. The highest BCUT2D eigenvalue weighted by atomic mass is 16.5. The first-order valence-electron chi connectivity index (χ1n) is 14.7. The summed E-state index contributed by atoms with van der Waals surface area (Å²) in [6.07, 6.45) is 1.04. The van der Waals surface area contributed by atoms with Crippen LogP contribution in [0.1, 0.15) is 34.6 Å². The Bertz CT molecular complexity index is 1980. The largest absolute Gasteiger partial charge is 0.504 e. The number of phenols is 3. The third-order valence-electron chi connectivity index (χ3n) is 8.13. The topological polar surface area (TPSA) is 145 Å². The Morgan fingerprint density at radius 1 is 0.935 bits per heavy atom. The molecule has 0 spiro atoms. The van der Waals surface area contributed by atoms with Gasteiger partial charge in [0.25, 0.3) is 0 Å². The minimum Gasteiger partial charge on any atom is -0.504 e. The molecule has 2 heterocycles. The summed E-state index contributed by atoms with van der Waals surface area (Å²) in [4.78, 5) is 26.3. The highest BCUT2D eigenvalue weighted by molar-refractivity contribution is 5.94. The monoisotopic (exact) mass is 624 g/mol. The molecule has 0 unspecified atom stereocenters. The van der Waals surface area contributed by atoms with Crippen molar-refractivity contribution in [3.05, 3.63) is 105 Å². The lowest BCUT2D eigenvalue weighted by atomic mass is 9.85. The number of hydrogen-bond acceptors (Lipinski definition) is 10. The molecule has 0 saturated heterocycles. The molecule has 10 heteroatoms. The number of benzene rings is 4. The summed E-state index contributed by atoms with van der Waals surface area (Å²) in [7, 11) is 2.70. The Balaban J connectivity index is 1.50. The molecule has 1 aliphatic rings. The van der Waals surface area contributed by atoms with E-state index < -0.39 is 34.6 Å². The Morgan fingerprint density at radius 2 is 1.74 bits per heavy atom. The van der Waals surface area contributed by atoms with Crippen molar-refractivity contribution in [3.63, 3.8) is 0 Å². The smallest absolute Gasteiger partial charge is 0.306 e. The molecule has 1 atom stereocenters. The van der Waals surface area contributed by atoms with E-state index in [-0.39, 0.29) is 41.1 Å². The fourth-order valence-corrected chi connectivity index (χ4v) is 5.85. The zero-order valence-electron chi connectivity index (χ0n) is 25.2. The number of carbonyl (C=O) groups is 1. The van der Waals surface area contributed by atoms with Crippen molar-refractivity contribution in [1.29, 1.82) is 0 Å². The van der Waals surface area contributed by atoms with E-state index in [4.69, 9.17) is 23.4 Å². The lowest BCUT2D eigenvalue weighted by Crippen LogP contribution is -2.14. The van der Waals surface area contributed by atoms with Gasteiger partial charge < -0.3 is 38.7 Å². The molecule has 236 valence electrons. The van der Waals surface area contributed by atoms with Crippen molar-refractivity contribution in [2.45, 2.75) is 25.2 Å². The molecule has 10 nitrogen and oxygen atoms in total. The van der Waals surface area contributed by atoms with Crippen LogP contribution >= 0.6 is 0 Å². The first kappa shape index (κ1) is 30.4. The van der Waals surface area contributed by atoms with Crippen LogP contribution in [0.25, 0.3) is 22.3 Å². The van der Waals surface area contributed by atoms with E-state index >= 15 is 0 Å². The average molecular weight is 625 g/mol. The number of methoxy groups -OCH3 is 2. The van der Waals surface area contributed by atoms with E-state index in [2.05, 4.69) is 6.07 Å². The van der Waals surface area contributed by atoms with Crippen molar-refractivity contribution < 1.29 is 43.5 Å². The van der Waals surface area contributed by atoms with Crippen LogP contribution < -0.4 is 19.6 Å². The molecule has 0 bridgehead atoms. The Kier molecular flexibility index (Phi) is 8.43. The molecule has 1 aliphatic heterocycles. The molecule has 4 aromatic carbocycles. The van der Waals surface area contributed by atoms with E-state index in [1.54, 1.807) is 48.5 Å². The Morgan fingerprint density at radius 3 is 2.50 bits per heavy atom. The highest BCUT2D eigenvalue weighted by Gasteiger charge is 2.33. The molecule has 1 aromatic heterocycles. The zero-order valence-corrected chi connectivity index (χ0v) is 25.2. The van der Waals surface area contributed by atoms with Crippen LogP contribution in [0, 0.1) is 0 Å². The quantitative estimate of drug-likeness (QED) is 0.128. The average Bonchev–Trinajstić information content (AvgIpc) is 3.55. The fourth-order valence-electron chi connectivity index (χ4n) is 5.85. The van der Waals surface area contributed by atoms with Gasteiger partial charge in [0.2, 0.25) is 5.75 Å². The number of fused-ring (bicyclic) bond motifs is 2. The van der Waals surface area contributed by atoms with Crippen molar-refractivity contribution in [3.8, 4) is 45.8 Å². The Labute approximate surface area is 264 Å². The van der Waals surface area contributed by atoms with Gasteiger partial charge in [0, 0.05) is 41.5 Å². The minimum atomic E-state index is -1.09. The molecule has 0 fully saturated rings. The van der Waals surface area contributed by atoms with E-state index in [1.165, 1.54) is 20.3 Å². The summed E-state index contributed by atoms with van der Waals surface area (Å²) in [5, 5.41) is 32.6. The summed E-state index contributed by atoms with van der Waals surface area (Å²) in [6, 6.07) is 21.1. The normalized spacial score (nSPS) is 12.7. The van der Waals surface area contributed by atoms with E-state index in [9.17, 15) is 24.9 Å². The van der Waals surface area contributed by atoms with Gasteiger partial charge in [0.05, 0.1) is 33.9 Å². The second kappa shape index (κ2) is 12.8. The SMILES string of the molecule is COC(=O)C[C@@H](c1cccc(OC)c1OCCc1ccc2c(c1)CCO2)c1c(O)c(O)c(O)c2c(=O)cc(-c3ccccc3)oc12. The number of aromatic hydroxyl groups is 3. The van der Waals surface area contributed by atoms with Gasteiger partial charge in [-0.2, -0.15) is 0 Å². The second-order valence-corrected chi connectivity index (χ2v) is 10.9. The van der Waals surface area contributed by atoms with Crippen molar-refractivity contribution in [1.82, 2.24) is 0 Å². The fraction of sp³-hybridized carbons (Fsp3) is 0.222. The van der Waals surface area contributed by atoms with E-state index in [0.717, 1.165) is 23.3 Å². The zero-order chi connectivity index (χ0) is 32.4. The summed E-state index contributed by atoms with van der Waals surface area (Å²) < 4.78 is 28.8. The first-order chi connectivity index (χ1) is 22.3. The molecule has 6 rings (SSSR count). The van der Waals surface area contributed by atoms with Crippen molar-refractivity contribution in [2.75, 3.05) is 27.4 Å². The van der Waals surface area contributed by atoms with Crippen LogP contribution in [0.4, 0.5) is 0 Å². The van der Waals surface area contributed by atoms with Crippen LogP contribution in [0.15, 0.2) is 82.0 Å².